The Morgan fingerprint density at radius 3 is 1.76 bits per heavy atom. The number of aromatic amines is 1. The van der Waals surface area contributed by atoms with Crippen molar-refractivity contribution >= 4 is 35.1 Å². The van der Waals surface area contributed by atoms with Crippen LogP contribution in [0.25, 0.3) is 22.4 Å². The Balaban J connectivity index is 1.47. The maximum absolute atomic E-state index is 4.75. The van der Waals surface area contributed by atoms with Gasteiger partial charge in [0.25, 0.3) is 0 Å². The second-order valence-electron chi connectivity index (χ2n) is 7.13. The Kier molecular flexibility index (Phi) is 5.79. The molecule has 0 unspecified atom stereocenters. The minimum atomic E-state index is 0.438. The summed E-state index contributed by atoms with van der Waals surface area (Å²) < 4.78 is 0. The third-order valence-corrected chi connectivity index (χ3v) is 4.83. The number of anilines is 2. The molecule has 0 aliphatic rings. The molecule has 2 aromatic heterocycles. The number of rotatable bonds is 7. The number of nitrogens with zero attached hydrogens (tertiary/aromatic N) is 5. The minimum Gasteiger partial charge on any atom is -0.335 e. The Morgan fingerprint density at radius 2 is 1.15 bits per heavy atom. The van der Waals surface area contributed by atoms with E-state index < -0.39 is 0 Å². The molecule has 0 amide bonds. The Bertz CT molecular complexity index is 1310. The van der Waals surface area contributed by atoms with Crippen LogP contribution in [-0.2, 0) is 0 Å². The van der Waals surface area contributed by atoms with E-state index in [0.29, 0.717) is 28.5 Å². The molecule has 0 saturated heterocycles. The Morgan fingerprint density at radius 1 is 0.636 bits per heavy atom. The number of hydrogen-bond donors (Lipinski definition) is 3. The topological polar surface area (TPSA) is 103 Å². The van der Waals surface area contributed by atoms with E-state index in [1.165, 1.54) is 0 Å². The summed E-state index contributed by atoms with van der Waals surface area (Å²) in [6.07, 6.45) is 3.44. The molecule has 160 valence electrons. The lowest BCUT2D eigenvalue weighted by molar-refractivity contribution is 1.03. The molecule has 8 nitrogen and oxygen atoms in total. The van der Waals surface area contributed by atoms with Gasteiger partial charge in [0.15, 0.2) is 11.6 Å². The van der Waals surface area contributed by atoms with Gasteiger partial charge in [0.1, 0.15) is 16.9 Å². The zero-order chi connectivity index (χ0) is 22.3. The van der Waals surface area contributed by atoms with Gasteiger partial charge in [0.2, 0.25) is 0 Å². The second kappa shape index (κ2) is 9.52. The quantitative estimate of drug-likeness (QED) is 0.250. The van der Waals surface area contributed by atoms with Gasteiger partial charge >= 0.3 is 0 Å². The van der Waals surface area contributed by atoms with Gasteiger partial charge < -0.3 is 4.98 Å². The maximum atomic E-state index is 4.75. The lowest BCUT2D eigenvalue weighted by atomic mass is 10.2. The molecule has 0 spiro atoms. The predicted octanol–water partition coefficient (Wildman–Crippen LogP) is 4.91. The van der Waals surface area contributed by atoms with Crippen molar-refractivity contribution in [3.05, 3.63) is 102 Å². The third-order valence-electron chi connectivity index (χ3n) is 4.83. The summed E-state index contributed by atoms with van der Waals surface area (Å²) >= 11 is 0. The summed E-state index contributed by atoms with van der Waals surface area (Å²) in [6, 6.07) is 29.5. The Labute approximate surface area is 190 Å². The van der Waals surface area contributed by atoms with Gasteiger partial charge in [0, 0.05) is 5.56 Å². The zero-order valence-corrected chi connectivity index (χ0v) is 17.6. The van der Waals surface area contributed by atoms with Crippen molar-refractivity contribution in [1.82, 2.24) is 20.2 Å². The van der Waals surface area contributed by atoms with E-state index in [1.807, 2.05) is 91.0 Å². The van der Waals surface area contributed by atoms with E-state index in [4.69, 9.17) is 4.98 Å². The first-order valence-electron chi connectivity index (χ1n) is 10.4. The standard InChI is InChI=1S/C25H20N8/c1-4-10-18(11-5-1)16-26-30-24-21-22(29-23(28-21)20-14-8-3-9-15-20)25(33-32-24)31-27-17-19-12-6-2-7-13-19/h1-17H,(H,28,29)(H,30,32)(H,31,33)/b26-16+,27-17+. The van der Waals surface area contributed by atoms with E-state index in [1.54, 1.807) is 12.4 Å². The molecular weight excluding hydrogens is 412 g/mol. The van der Waals surface area contributed by atoms with Gasteiger partial charge in [-0.3, -0.25) is 10.9 Å². The van der Waals surface area contributed by atoms with E-state index in [-0.39, 0.29) is 0 Å². The van der Waals surface area contributed by atoms with Crippen LogP contribution in [0.4, 0.5) is 11.6 Å². The van der Waals surface area contributed by atoms with Crippen LogP contribution in [0, 0.1) is 0 Å². The van der Waals surface area contributed by atoms with E-state index in [0.717, 1.165) is 16.7 Å². The third kappa shape index (κ3) is 4.75. The van der Waals surface area contributed by atoms with Crippen molar-refractivity contribution in [2.45, 2.75) is 0 Å². The van der Waals surface area contributed by atoms with Crippen LogP contribution in [0.15, 0.2) is 101 Å². The highest BCUT2D eigenvalue weighted by molar-refractivity contribution is 5.95. The number of fused-ring (bicyclic) bond motifs is 1. The van der Waals surface area contributed by atoms with E-state index in [2.05, 4.69) is 36.2 Å². The number of nitrogens with one attached hydrogen (secondary N) is 3. The van der Waals surface area contributed by atoms with Crippen molar-refractivity contribution in [1.29, 1.82) is 0 Å². The molecule has 0 atom stereocenters. The molecule has 3 aromatic carbocycles. The monoisotopic (exact) mass is 432 g/mol. The van der Waals surface area contributed by atoms with Crippen LogP contribution in [0.3, 0.4) is 0 Å². The molecule has 5 aromatic rings. The van der Waals surface area contributed by atoms with Crippen LogP contribution < -0.4 is 10.9 Å². The highest BCUT2D eigenvalue weighted by Gasteiger charge is 2.15. The molecule has 0 aliphatic heterocycles. The molecule has 8 heteroatoms. The van der Waals surface area contributed by atoms with Crippen molar-refractivity contribution in [3.63, 3.8) is 0 Å². The minimum absolute atomic E-state index is 0.438. The fourth-order valence-electron chi connectivity index (χ4n) is 3.21. The predicted molar refractivity (Wildman–Crippen MR) is 132 cm³/mol. The van der Waals surface area contributed by atoms with Gasteiger partial charge in [-0.15, -0.1) is 10.2 Å². The second-order valence-corrected chi connectivity index (χ2v) is 7.13. The molecule has 0 aliphatic carbocycles. The van der Waals surface area contributed by atoms with Crippen LogP contribution in [0.2, 0.25) is 0 Å². The molecule has 0 fully saturated rings. The number of hydrazone groups is 2. The van der Waals surface area contributed by atoms with Crippen molar-refractivity contribution in [2.75, 3.05) is 10.9 Å². The van der Waals surface area contributed by atoms with Gasteiger partial charge in [-0.05, 0) is 11.1 Å². The van der Waals surface area contributed by atoms with Gasteiger partial charge in [-0.25, -0.2) is 4.98 Å². The highest BCUT2D eigenvalue weighted by Crippen LogP contribution is 2.28. The fourth-order valence-corrected chi connectivity index (χ4v) is 3.21. The van der Waals surface area contributed by atoms with Gasteiger partial charge in [-0.2, -0.15) is 10.2 Å². The number of aromatic nitrogens is 4. The lowest BCUT2D eigenvalue weighted by Crippen LogP contribution is -2.01. The molecule has 2 heterocycles. The smallest absolute Gasteiger partial charge is 0.197 e. The molecule has 5 rings (SSSR count). The molecule has 0 radical (unpaired) electrons. The average molecular weight is 432 g/mol. The van der Waals surface area contributed by atoms with Gasteiger partial charge in [-0.1, -0.05) is 91.0 Å². The van der Waals surface area contributed by atoms with Crippen molar-refractivity contribution in [2.24, 2.45) is 10.2 Å². The fraction of sp³-hybridized carbons (Fsp3) is 0. The SMILES string of the molecule is C(=N\Nc1nnc(N/N=C/c2ccccc2)c2[nH]c(-c3ccccc3)nc12)/c1ccccc1. The van der Waals surface area contributed by atoms with Crippen LogP contribution in [0.5, 0.6) is 0 Å². The number of hydrogen-bond acceptors (Lipinski definition) is 7. The lowest BCUT2D eigenvalue weighted by Gasteiger charge is -2.03. The molecular formula is C25H20N8. The van der Waals surface area contributed by atoms with Crippen molar-refractivity contribution in [3.8, 4) is 11.4 Å². The molecule has 3 N–H and O–H groups in total. The average Bonchev–Trinajstić information content (AvgIpc) is 3.33. The number of benzene rings is 3. The number of imidazole rings is 1. The first-order chi connectivity index (χ1) is 16.4. The van der Waals surface area contributed by atoms with Crippen LogP contribution in [-0.4, -0.2) is 32.6 Å². The first kappa shape index (κ1) is 20.1. The highest BCUT2D eigenvalue weighted by atomic mass is 15.4. The molecule has 0 bridgehead atoms. The maximum Gasteiger partial charge on any atom is 0.197 e. The van der Waals surface area contributed by atoms with Gasteiger partial charge in [0.05, 0.1) is 12.4 Å². The van der Waals surface area contributed by atoms with Crippen LogP contribution >= 0.6 is 0 Å². The zero-order valence-electron chi connectivity index (χ0n) is 17.6. The van der Waals surface area contributed by atoms with Crippen molar-refractivity contribution < 1.29 is 0 Å². The summed E-state index contributed by atoms with van der Waals surface area (Å²) in [5.74, 6) is 1.60. The first-order valence-corrected chi connectivity index (χ1v) is 10.4. The summed E-state index contributed by atoms with van der Waals surface area (Å²) in [6.45, 7) is 0. The van der Waals surface area contributed by atoms with E-state index in [9.17, 15) is 0 Å². The summed E-state index contributed by atoms with van der Waals surface area (Å²) in [5.41, 5.74) is 10.1. The normalized spacial score (nSPS) is 11.4. The molecule has 33 heavy (non-hydrogen) atoms. The summed E-state index contributed by atoms with van der Waals surface area (Å²) in [4.78, 5) is 8.08. The summed E-state index contributed by atoms with van der Waals surface area (Å²) in [5, 5.41) is 17.2. The number of H-pyrrole nitrogens is 1. The van der Waals surface area contributed by atoms with Crippen LogP contribution in [0.1, 0.15) is 11.1 Å². The largest absolute Gasteiger partial charge is 0.335 e. The Hall–Kier alpha value is -4.85. The van der Waals surface area contributed by atoms with E-state index >= 15 is 0 Å². The molecule has 0 saturated carbocycles. The summed E-state index contributed by atoms with van der Waals surface area (Å²) in [7, 11) is 0.